The molecular formula is C11H9F3N4O2S. The third-order valence-corrected chi connectivity index (χ3v) is 3.22. The lowest BCUT2D eigenvalue weighted by Crippen LogP contribution is -2.20. The van der Waals surface area contributed by atoms with Crippen molar-refractivity contribution in [1.29, 1.82) is 0 Å². The minimum Gasteiger partial charge on any atom is -0.416 e. The Hall–Kier alpha value is -2.23. The summed E-state index contributed by atoms with van der Waals surface area (Å²) in [6, 6.07) is 3.22. The van der Waals surface area contributed by atoms with Crippen molar-refractivity contribution < 1.29 is 22.8 Å². The Morgan fingerprint density at radius 3 is 2.62 bits per heavy atom. The average molecular weight is 318 g/mol. The maximum Gasteiger partial charge on any atom is 0.417 e. The monoisotopic (exact) mass is 318 g/mol. The average Bonchev–Trinajstić information content (AvgIpc) is 2.82. The smallest absolute Gasteiger partial charge is 0.416 e. The van der Waals surface area contributed by atoms with E-state index in [1.54, 1.807) is 6.92 Å². The van der Waals surface area contributed by atoms with Crippen LogP contribution in [-0.2, 0) is 6.18 Å². The minimum absolute atomic E-state index is 0.178. The first-order valence-electron chi connectivity index (χ1n) is 5.48. The lowest BCUT2D eigenvalue weighted by atomic mass is 10.1. The summed E-state index contributed by atoms with van der Waals surface area (Å²) in [6.45, 7) is 1.59. The van der Waals surface area contributed by atoms with Gasteiger partial charge in [-0.2, -0.15) is 13.2 Å². The molecule has 0 amide bonds. The van der Waals surface area contributed by atoms with Gasteiger partial charge in [-0.1, -0.05) is 5.16 Å². The Bertz CT molecular complexity index is 684. The molecule has 21 heavy (non-hydrogen) atoms. The van der Waals surface area contributed by atoms with Crippen LogP contribution in [0.3, 0.4) is 0 Å². The summed E-state index contributed by atoms with van der Waals surface area (Å²) in [4.78, 5) is 0.383. The fourth-order valence-corrected chi connectivity index (χ4v) is 2.28. The molecule has 0 fully saturated rings. The van der Waals surface area contributed by atoms with E-state index in [0.717, 1.165) is 23.9 Å². The van der Waals surface area contributed by atoms with E-state index in [-0.39, 0.29) is 5.22 Å². The summed E-state index contributed by atoms with van der Waals surface area (Å²) < 4.78 is 43.7. The minimum atomic E-state index is -4.62. The van der Waals surface area contributed by atoms with Crippen molar-refractivity contribution in [3.8, 4) is 0 Å². The number of hydrogen-bond acceptors (Lipinski definition) is 6. The van der Waals surface area contributed by atoms with Crippen LogP contribution < -0.4 is 5.73 Å². The summed E-state index contributed by atoms with van der Waals surface area (Å²) in [5.41, 5.74) is 3.88. The third kappa shape index (κ3) is 3.45. The van der Waals surface area contributed by atoms with Crippen LogP contribution in [0.25, 0.3) is 0 Å². The lowest BCUT2D eigenvalue weighted by Gasteiger charge is -2.12. The van der Waals surface area contributed by atoms with Crippen molar-refractivity contribution in [3.05, 3.63) is 35.2 Å². The van der Waals surface area contributed by atoms with E-state index in [1.807, 2.05) is 0 Å². The molecule has 6 nitrogen and oxygen atoms in total. The predicted molar refractivity (Wildman–Crippen MR) is 67.1 cm³/mol. The molecule has 3 N–H and O–H groups in total. The molecule has 0 aliphatic heterocycles. The van der Waals surface area contributed by atoms with Crippen molar-refractivity contribution >= 4 is 17.6 Å². The number of benzene rings is 1. The second-order valence-electron chi connectivity index (χ2n) is 3.88. The first-order valence-corrected chi connectivity index (χ1v) is 6.30. The van der Waals surface area contributed by atoms with Gasteiger partial charge in [0, 0.05) is 17.4 Å². The van der Waals surface area contributed by atoms with Crippen molar-refractivity contribution in [1.82, 2.24) is 10.2 Å². The Kier molecular flexibility index (Phi) is 4.07. The van der Waals surface area contributed by atoms with Gasteiger partial charge in [0.15, 0.2) is 5.84 Å². The van der Waals surface area contributed by atoms with Crippen molar-refractivity contribution in [2.45, 2.75) is 23.2 Å². The zero-order valence-electron chi connectivity index (χ0n) is 10.5. The highest BCUT2D eigenvalue weighted by Crippen LogP contribution is 2.35. The van der Waals surface area contributed by atoms with Crippen molar-refractivity contribution in [2.75, 3.05) is 0 Å². The van der Waals surface area contributed by atoms with Gasteiger partial charge >= 0.3 is 6.18 Å². The number of amidine groups is 1. The van der Waals surface area contributed by atoms with Gasteiger partial charge in [-0.25, -0.2) is 0 Å². The van der Waals surface area contributed by atoms with Gasteiger partial charge in [0.25, 0.3) is 5.22 Å². The first-order chi connectivity index (χ1) is 9.81. The highest BCUT2D eigenvalue weighted by molar-refractivity contribution is 7.99. The highest BCUT2D eigenvalue weighted by atomic mass is 32.2. The molecule has 0 aliphatic rings. The van der Waals surface area contributed by atoms with Crippen LogP contribution in [0.2, 0.25) is 0 Å². The number of aryl methyl sites for hydroxylation is 1. The molecule has 1 aromatic heterocycles. The number of oxime groups is 1. The number of nitrogens with two attached hydrogens (primary N) is 1. The van der Waals surface area contributed by atoms with Crippen LogP contribution in [0.5, 0.6) is 0 Å². The van der Waals surface area contributed by atoms with E-state index in [1.165, 1.54) is 6.07 Å². The second-order valence-corrected chi connectivity index (χ2v) is 4.90. The lowest BCUT2D eigenvalue weighted by molar-refractivity contribution is -0.137. The van der Waals surface area contributed by atoms with Crippen LogP contribution >= 0.6 is 11.8 Å². The van der Waals surface area contributed by atoms with Crippen LogP contribution in [0.15, 0.2) is 37.9 Å². The molecule has 0 spiro atoms. The van der Waals surface area contributed by atoms with E-state index in [4.69, 9.17) is 15.4 Å². The zero-order chi connectivity index (χ0) is 15.6. The number of nitrogens with zero attached hydrogens (tertiary/aromatic N) is 3. The van der Waals surface area contributed by atoms with E-state index >= 15 is 0 Å². The van der Waals surface area contributed by atoms with E-state index < -0.39 is 23.1 Å². The molecule has 0 atom stereocenters. The molecule has 2 aromatic rings. The fourth-order valence-electron chi connectivity index (χ4n) is 1.52. The highest BCUT2D eigenvalue weighted by Gasteiger charge is 2.34. The molecule has 0 aliphatic carbocycles. The van der Waals surface area contributed by atoms with Gasteiger partial charge < -0.3 is 15.4 Å². The zero-order valence-corrected chi connectivity index (χ0v) is 11.4. The summed E-state index contributed by atoms with van der Waals surface area (Å²) in [5, 5.41) is 18.7. The van der Waals surface area contributed by atoms with Crippen molar-refractivity contribution in [3.63, 3.8) is 0 Å². The standard InChI is InChI=1S/C11H9F3N4O2S/c1-5-16-17-10(20-5)21-6-2-3-8(11(12,13)14)7(4-6)9(15)18-19/h2-4,19H,1H3,(H2,15,18). The van der Waals surface area contributed by atoms with Crippen LogP contribution in [0, 0.1) is 6.92 Å². The molecule has 0 saturated carbocycles. The molecule has 10 heteroatoms. The quantitative estimate of drug-likeness (QED) is 0.391. The number of halogens is 3. The Morgan fingerprint density at radius 2 is 2.10 bits per heavy atom. The van der Waals surface area contributed by atoms with Crippen LogP contribution in [-0.4, -0.2) is 21.2 Å². The SMILES string of the molecule is Cc1nnc(Sc2ccc(C(F)(F)F)c(/C(N)=N/O)c2)o1. The first kappa shape index (κ1) is 15.2. The summed E-state index contributed by atoms with van der Waals surface area (Å²) in [5.74, 6) is -0.299. The fraction of sp³-hybridized carbons (Fsp3) is 0.182. The molecule has 0 bridgehead atoms. The maximum atomic E-state index is 12.9. The predicted octanol–water partition coefficient (Wildman–Crippen LogP) is 2.64. The summed E-state index contributed by atoms with van der Waals surface area (Å²) in [6.07, 6.45) is -4.62. The van der Waals surface area contributed by atoms with Gasteiger partial charge in [0.1, 0.15) is 0 Å². The van der Waals surface area contributed by atoms with Crippen LogP contribution in [0.1, 0.15) is 17.0 Å². The van der Waals surface area contributed by atoms with Gasteiger partial charge in [0.2, 0.25) is 5.89 Å². The maximum absolute atomic E-state index is 12.9. The van der Waals surface area contributed by atoms with Crippen molar-refractivity contribution in [2.24, 2.45) is 10.9 Å². The Labute approximate surface area is 120 Å². The Balaban J connectivity index is 2.42. The number of rotatable bonds is 3. The molecule has 0 saturated heterocycles. The van der Waals surface area contributed by atoms with E-state index in [2.05, 4.69) is 15.4 Å². The molecule has 0 radical (unpaired) electrons. The third-order valence-electron chi connectivity index (χ3n) is 2.39. The van der Waals surface area contributed by atoms with E-state index in [9.17, 15) is 13.2 Å². The molecule has 1 heterocycles. The molecule has 2 rings (SSSR count). The second kappa shape index (κ2) is 5.64. The number of alkyl halides is 3. The summed E-state index contributed by atoms with van der Waals surface area (Å²) in [7, 11) is 0. The Morgan fingerprint density at radius 1 is 1.38 bits per heavy atom. The topological polar surface area (TPSA) is 97.5 Å². The largest absolute Gasteiger partial charge is 0.417 e. The molecule has 0 unspecified atom stereocenters. The number of hydrogen-bond donors (Lipinski definition) is 2. The van der Waals surface area contributed by atoms with Gasteiger partial charge in [-0.15, -0.1) is 10.2 Å². The summed E-state index contributed by atoms with van der Waals surface area (Å²) >= 11 is 0.970. The molecule has 1 aromatic carbocycles. The van der Waals surface area contributed by atoms with Gasteiger partial charge in [-0.3, -0.25) is 0 Å². The van der Waals surface area contributed by atoms with E-state index in [0.29, 0.717) is 10.8 Å². The molecule has 112 valence electrons. The number of aromatic nitrogens is 2. The normalized spacial score (nSPS) is 12.7. The van der Waals surface area contributed by atoms with Crippen LogP contribution in [0.4, 0.5) is 13.2 Å². The van der Waals surface area contributed by atoms with Gasteiger partial charge in [0.05, 0.1) is 5.56 Å². The molecular weight excluding hydrogens is 309 g/mol. The van der Waals surface area contributed by atoms with Gasteiger partial charge in [-0.05, 0) is 30.0 Å².